The smallest absolute Gasteiger partial charge is 0.260 e. The van der Waals surface area contributed by atoms with Crippen molar-refractivity contribution in [1.82, 2.24) is 15.1 Å². The quantitative estimate of drug-likeness (QED) is 0.661. The maximum absolute atomic E-state index is 12.8. The highest BCUT2D eigenvalue weighted by molar-refractivity contribution is 5.94. The van der Waals surface area contributed by atoms with Gasteiger partial charge in [0.25, 0.3) is 5.91 Å². The van der Waals surface area contributed by atoms with E-state index in [0.29, 0.717) is 0 Å². The molecule has 0 atom stereocenters. The van der Waals surface area contributed by atoms with Crippen LogP contribution < -0.4 is 0 Å². The molecule has 12 heavy (non-hydrogen) atoms. The molecule has 1 aromatic rings. The van der Waals surface area contributed by atoms with Gasteiger partial charge < -0.3 is 4.90 Å². The van der Waals surface area contributed by atoms with Crippen LogP contribution in [0.3, 0.4) is 0 Å². The van der Waals surface area contributed by atoms with Crippen molar-refractivity contribution in [3.8, 4) is 0 Å². The van der Waals surface area contributed by atoms with Crippen LogP contribution in [0.2, 0.25) is 0 Å². The van der Waals surface area contributed by atoms with Crippen LogP contribution in [-0.4, -0.2) is 34.1 Å². The Bertz CT molecular complexity index is 305. The average Bonchev–Trinajstić information content (AvgIpc) is 2.31. The standard InChI is InChI=1S/C7H8FN3O/c8-6-5(4-9-10-6)7(12)11-2-1-3-11/h4H,1-3H2,(H,9,10). The molecule has 2 rings (SSSR count). The first-order chi connectivity index (χ1) is 5.79. The average molecular weight is 169 g/mol. The van der Waals surface area contributed by atoms with Crippen LogP contribution in [0.5, 0.6) is 0 Å². The molecular weight excluding hydrogens is 161 g/mol. The van der Waals surface area contributed by atoms with Crippen molar-refractivity contribution in [2.75, 3.05) is 13.1 Å². The number of hydrogen-bond donors (Lipinski definition) is 1. The maximum atomic E-state index is 12.8. The Balaban J connectivity index is 2.19. The molecule has 0 radical (unpaired) electrons. The largest absolute Gasteiger partial charge is 0.338 e. The van der Waals surface area contributed by atoms with Gasteiger partial charge in [0.1, 0.15) is 5.56 Å². The monoisotopic (exact) mass is 169 g/mol. The number of rotatable bonds is 1. The number of hydrogen-bond acceptors (Lipinski definition) is 2. The lowest BCUT2D eigenvalue weighted by molar-refractivity contribution is 0.0647. The first-order valence-electron chi connectivity index (χ1n) is 3.77. The van der Waals surface area contributed by atoms with Crippen molar-refractivity contribution in [2.45, 2.75) is 6.42 Å². The molecule has 2 heterocycles. The normalized spacial score (nSPS) is 15.9. The van der Waals surface area contributed by atoms with Gasteiger partial charge in [-0.15, -0.1) is 0 Å². The van der Waals surface area contributed by atoms with Crippen LogP contribution in [0.1, 0.15) is 16.8 Å². The van der Waals surface area contributed by atoms with E-state index in [0.717, 1.165) is 19.5 Å². The second-order valence-electron chi connectivity index (χ2n) is 2.74. The van der Waals surface area contributed by atoms with Crippen molar-refractivity contribution >= 4 is 5.91 Å². The first kappa shape index (κ1) is 7.27. The third-order valence-corrected chi connectivity index (χ3v) is 1.97. The molecule has 1 aliphatic rings. The van der Waals surface area contributed by atoms with Crippen LogP contribution in [0.25, 0.3) is 0 Å². The van der Waals surface area contributed by atoms with Crippen molar-refractivity contribution in [3.05, 3.63) is 17.7 Å². The van der Waals surface area contributed by atoms with Gasteiger partial charge in [-0.3, -0.25) is 9.89 Å². The summed E-state index contributed by atoms with van der Waals surface area (Å²) in [5.41, 5.74) is 0.0368. The van der Waals surface area contributed by atoms with E-state index in [4.69, 9.17) is 0 Å². The molecule has 1 amide bonds. The highest BCUT2D eigenvalue weighted by Gasteiger charge is 2.24. The van der Waals surface area contributed by atoms with Gasteiger partial charge in [-0.1, -0.05) is 0 Å². The summed E-state index contributed by atoms with van der Waals surface area (Å²) in [6.07, 6.45) is 2.22. The van der Waals surface area contributed by atoms with Crippen LogP contribution in [-0.2, 0) is 0 Å². The van der Waals surface area contributed by atoms with E-state index < -0.39 is 5.95 Å². The molecule has 0 bridgehead atoms. The first-order valence-corrected chi connectivity index (χ1v) is 3.77. The molecule has 1 saturated heterocycles. The molecule has 0 unspecified atom stereocenters. The van der Waals surface area contributed by atoms with Crippen LogP contribution >= 0.6 is 0 Å². The molecule has 0 saturated carbocycles. The Morgan fingerprint density at radius 1 is 1.67 bits per heavy atom. The number of aromatic nitrogens is 2. The van der Waals surface area contributed by atoms with Crippen LogP contribution in [0, 0.1) is 5.95 Å². The van der Waals surface area contributed by atoms with E-state index in [1.54, 1.807) is 4.90 Å². The van der Waals surface area contributed by atoms with Gasteiger partial charge in [0, 0.05) is 13.1 Å². The van der Waals surface area contributed by atoms with Crippen LogP contribution in [0.4, 0.5) is 4.39 Å². The number of aromatic amines is 1. The minimum absolute atomic E-state index is 0.0368. The van der Waals surface area contributed by atoms with Gasteiger partial charge in [-0.05, 0) is 6.42 Å². The summed E-state index contributed by atoms with van der Waals surface area (Å²) < 4.78 is 12.8. The molecule has 0 aromatic carbocycles. The van der Waals surface area contributed by atoms with E-state index >= 15 is 0 Å². The summed E-state index contributed by atoms with van der Waals surface area (Å²) in [5.74, 6) is -0.917. The van der Waals surface area contributed by atoms with Crippen LogP contribution in [0.15, 0.2) is 6.20 Å². The fourth-order valence-corrected chi connectivity index (χ4v) is 1.11. The van der Waals surface area contributed by atoms with Gasteiger partial charge >= 0.3 is 0 Å². The fraction of sp³-hybridized carbons (Fsp3) is 0.429. The van der Waals surface area contributed by atoms with Gasteiger partial charge in [0.2, 0.25) is 5.95 Å². The summed E-state index contributed by atoms with van der Waals surface area (Å²) in [6, 6.07) is 0. The summed E-state index contributed by atoms with van der Waals surface area (Å²) in [6.45, 7) is 1.45. The Kier molecular flexibility index (Phi) is 1.56. The highest BCUT2D eigenvalue weighted by atomic mass is 19.1. The Labute approximate surface area is 68.4 Å². The SMILES string of the molecule is O=C(c1cn[nH]c1F)N1CCC1. The Hall–Kier alpha value is -1.39. The summed E-state index contributed by atoms with van der Waals surface area (Å²) >= 11 is 0. The predicted octanol–water partition coefficient (Wildman–Crippen LogP) is 0.395. The summed E-state index contributed by atoms with van der Waals surface area (Å²) in [7, 11) is 0. The Morgan fingerprint density at radius 3 is 2.83 bits per heavy atom. The zero-order valence-electron chi connectivity index (χ0n) is 6.38. The molecule has 1 aromatic heterocycles. The van der Waals surface area contributed by atoms with Gasteiger partial charge in [-0.25, -0.2) is 0 Å². The number of nitrogens with zero attached hydrogens (tertiary/aromatic N) is 2. The third-order valence-electron chi connectivity index (χ3n) is 1.97. The molecule has 1 N–H and O–H groups in total. The topological polar surface area (TPSA) is 49.0 Å². The molecule has 4 nitrogen and oxygen atoms in total. The van der Waals surface area contributed by atoms with E-state index in [1.807, 2.05) is 0 Å². The van der Waals surface area contributed by atoms with Gasteiger partial charge in [0.05, 0.1) is 6.20 Å². The number of nitrogens with one attached hydrogen (secondary N) is 1. The summed E-state index contributed by atoms with van der Waals surface area (Å²) in [5, 5.41) is 5.52. The molecular formula is C7H8FN3O. The molecule has 1 fully saturated rings. The number of halogens is 1. The molecule has 64 valence electrons. The molecule has 5 heteroatoms. The number of carbonyl (C=O) groups is 1. The maximum Gasteiger partial charge on any atom is 0.260 e. The fourth-order valence-electron chi connectivity index (χ4n) is 1.11. The molecule has 0 aliphatic carbocycles. The van der Waals surface area contributed by atoms with E-state index in [-0.39, 0.29) is 11.5 Å². The molecule has 1 aliphatic heterocycles. The van der Waals surface area contributed by atoms with E-state index in [1.165, 1.54) is 6.20 Å². The predicted molar refractivity (Wildman–Crippen MR) is 39.1 cm³/mol. The van der Waals surface area contributed by atoms with E-state index in [2.05, 4.69) is 10.2 Å². The lowest BCUT2D eigenvalue weighted by Gasteiger charge is -2.30. The number of amides is 1. The Morgan fingerprint density at radius 2 is 2.42 bits per heavy atom. The second kappa shape index (κ2) is 2.58. The molecule has 0 spiro atoms. The van der Waals surface area contributed by atoms with Crippen molar-refractivity contribution in [2.24, 2.45) is 0 Å². The van der Waals surface area contributed by atoms with Crippen molar-refractivity contribution in [1.29, 1.82) is 0 Å². The second-order valence-corrected chi connectivity index (χ2v) is 2.74. The number of likely N-dealkylation sites (tertiary alicyclic amines) is 1. The minimum atomic E-state index is -0.646. The number of H-pyrrole nitrogens is 1. The summed E-state index contributed by atoms with van der Waals surface area (Å²) in [4.78, 5) is 12.9. The highest BCUT2D eigenvalue weighted by Crippen LogP contribution is 2.12. The van der Waals surface area contributed by atoms with Gasteiger partial charge in [0.15, 0.2) is 0 Å². The number of carbonyl (C=O) groups excluding carboxylic acids is 1. The van der Waals surface area contributed by atoms with E-state index in [9.17, 15) is 9.18 Å². The minimum Gasteiger partial charge on any atom is -0.338 e. The zero-order valence-corrected chi connectivity index (χ0v) is 6.38. The lowest BCUT2D eigenvalue weighted by atomic mass is 10.2. The third kappa shape index (κ3) is 0.975. The van der Waals surface area contributed by atoms with Crippen molar-refractivity contribution in [3.63, 3.8) is 0 Å². The zero-order chi connectivity index (χ0) is 8.55. The lowest BCUT2D eigenvalue weighted by Crippen LogP contribution is -2.42. The van der Waals surface area contributed by atoms with Gasteiger partial charge in [-0.2, -0.15) is 9.49 Å². The van der Waals surface area contributed by atoms with Crippen molar-refractivity contribution < 1.29 is 9.18 Å².